The quantitative estimate of drug-likeness (QED) is 0.583. The lowest BCUT2D eigenvalue weighted by Gasteiger charge is -2.08. The van der Waals surface area contributed by atoms with Crippen molar-refractivity contribution in [2.24, 2.45) is 0 Å². The number of anilines is 1. The number of rotatable bonds is 5. The second-order valence-corrected chi connectivity index (χ2v) is 3.04. The third-order valence-corrected chi connectivity index (χ3v) is 1.94. The Balaban J connectivity index is 2.66. The van der Waals surface area contributed by atoms with E-state index in [1.54, 1.807) is 25.3 Å². The van der Waals surface area contributed by atoms with Crippen LogP contribution in [0.15, 0.2) is 18.2 Å². The number of hydrogen-bond donors (Lipinski definition) is 1. The Morgan fingerprint density at radius 2 is 2.20 bits per heavy atom. The Morgan fingerprint density at radius 1 is 1.40 bits per heavy atom. The van der Waals surface area contributed by atoms with E-state index in [1.807, 2.05) is 0 Å². The van der Waals surface area contributed by atoms with Gasteiger partial charge in [-0.05, 0) is 23.8 Å². The minimum atomic E-state index is 0.299. The number of hydrogen-bond acceptors (Lipinski definition) is 4. The Kier molecular flexibility index (Phi) is 4.45. The number of nitrogens with zero attached hydrogens (tertiary/aromatic N) is 1. The summed E-state index contributed by atoms with van der Waals surface area (Å²) in [7, 11) is 1.62. The van der Waals surface area contributed by atoms with Crippen molar-refractivity contribution in [2.75, 3.05) is 26.1 Å². The first-order chi connectivity index (χ1) is 7.27. The maximum Gasteiger partial charge on any atom is 0.119 e. The topological polar surface area (TPSA) is 68.3 Å². The predicted molar refractivity (Wildman–Crippen MR) is 57.5 cm³/mol. The second kappa shape index (κ2) is 5.89. The molecule has 0 saturated carbocycles. The van der Waals surface area contributed by atoms with Crippen LogP contribution in [0, 0.1) is 11.3 Å². The summed E-state index contributed by atoms with van der Waals surface area (Å²) in [6, 6.07) is 7.37. The molecule has 0 fully saturated rings. The minimum absolute atomic E-state index is 0.299. The third-order valence-electron chi connectivity index (χ3n) is 1.94. The van der Waals surface area contributed by atoms with Crippen molar-refractivity contribution in [1.29, 1.82) is 5.26 Å². The fraction of sp³-hybridized carbons (Fsp3) is 0.364. The Hall–Kier alpha value is -1.73. The van der Waals surface area contributed by atoms with E-state index in [-0.39, 0.29) is 0 Å². The van der Waals surface area contributed by atoms with Crippen molar-refractivity contribution < 1.29 is 9.47 Å². The number of nitriles is 1. The molecular weight excluding hydrogens is 192 g/mol. The molecule has 80 valence electrons. The van der Waals surface area contributed by atoms with Gasteiger partial charge in [-0.1, -0.05) is 0 Å². The van der Waals surface area contributed by atoms with Gasteiger partial charge in [0.25, 0.3) is 0 Å². The van der Waals surface area contributed by atoms with Gasteiger partial charge in [-0.2, -0.15) is 5.26 Å². The molecule has 0 spiro atoms. The van der Waals surface area contributed by atoms with Crippen molar-refractivity contribution in [2.45, 2.75) is 6.42 Å². The van der Waals surface area contributed by atoms with E-state index in [9.17, 15) is 0 Å². The van der Waals surface area contributed by atoms with Gasteiger partial charge in [0.2, 0.25) is 0 Å². The zero-order valence-corrected chi connectivity index (χ0v) is 8.69. The molecule has 15 heavy (non-hydrogen) atoms. The van der Waals surface area contributed by atoms with Crippen molar-refractivity contribution >= 4 is 5.69 Å². The lowest BCUT2D eigenvalue weighted by Crippen LogP contribution is -2.05. The second-order valence-electron chi connectivity index (χ2n) is 3.04. The number of methoxy groups -OCH3 is 1. The number of nitrogens with two attached hydrogens (primary N) is 1. The first-order valence-corrected chi connectivity index (χ1v) is 4.65. The molecule has 0 aliphatic heterocycles. The van der Waals surface area contributed by atoms with E-state index in [2.05, 4.69) is 6.07 Å². The molecule has 2 N–H and O–H groups in total. The van der Waals surface area contributed by atoms with Gasteiger partial charge in [0.1, 0.15) is 12.4 Å². The molecule has 1 aromatic rings. The molecule has 4 nitrogen and oxygen atoms in total. The summed E-state index contributed by atoms with van der Waals surface area (Å²) in [6.07, 6.45) is 0.299. The third kappa shape index (κ3) is 3.49. The highest BCUT2D eigenvalue weighted by atomic mass is 16.5. The smallest absolute Gasteiger partial charge is 0.119 e. The van der Waals surface area contributed by atoms with E-state index >= 15 is 0 Å². The molecule has 1 aromatic carbocycles. The van der Waals surface area contributed by atoms with E-state index in [1.165, 1.54) is 0 Å². The van der Waals surface area contributed by atoms with Gasteiger partial charge in [-0.3, -0.25) is 0 Å². The molecule has 0 atom stereocenters. The SMILES string of the molecule is COCCOc1ccc(N)c(CC#N)c1. The van der Waals surface area contributed by atoms with E-state index in [0.717, 1.165) is 5.56 Å². The van der Waals surface area contributed by atoms with Crippen LogP contribution in [-0.4, -0.2) is 20.3 Å². The van der Waals surface area contributed by atoms with E-state index < -0.39 is 0 Å². The van der Waals surface area contributed by atoms with Crippen molar-refractivity contribution in [1.82, 2.24) is 0 Å². The number of ether oxygens (including phenoxy) is 2. The van der Waals surface area contributed by atoms with E-state index in [0.29, 0.717) is 31.1 Å². The molecule has 0 heterocycles. The van der Waals surface area contributed by atoms with Crippen LogP contribution in [0.2, 0.25) is 0 Å². The van der Waals surface area contributed by atoms with Crippen molar-refractivity contribution in [3.8, 4) is 11.8 Å². The lowest BCUT2D eigenvalue weighted by atomic mass is 10.1. The fourth-order valence-corrected chi connectivity index (χ4v) is 1.15. The molecule has 0 saturated heterocycles. The molecule has 1 rings (SSSR count). The predicted octanol–water partition coefficient (Wildman–Crippen LogP) is 1.36. The maximum atomic E-state index is 8.58. The van der Waals surface area contributed by atoms with Crippen LogP contribution in [0.25, 0.3) is 0 Å². The van der Waals surface area contributed by atoms with Gasteiger partial charge < -0.3 is 15.2 Å². The number of nitrogen functional groups attached to an aromatic ring is 1. The average molecular weight is 206 g/mol. The van der Waals surface area contributed by atoms with Crippen LogP contribution in [0.5, 0.6) is 5.75 Å². The molecule has 0 bridgehead atoms. The minimum Gasteiger partial charge on any atom is -0.491 e. The summed E-state index contributed by atoms with van der Waals surface area (Å²) >= 11 is 0. The monoisotopic (exact) mass is 206 g/mol. The van der Waals surface area contributed by atoms with Gasteiger partial charge in [-0.15, -0.1) is 0 Å². The molecule has 4 heteroatoms. The van der Waals surface area contributed by atoms with Gasteiger partial charge >= 0.3 is 0 Å². The summed E-state index contributed by atoms with van der Waals surface area (Å²) in [5, 5.41) is 8.58. The first-order valence-electron chi connectivity index (χ1n) is 4.65. The fourth-order valence-electron chi connectivity index (χ4n) is 1.15. The highest BCUT2D eigenvalue weighted by Gasteiger charge is 2.01. The Morgan fingerprint density at radius 3 is 2.87 bits per heavy atom. The van der Waals surface area contributed by atoms with Crippen LogP contribution >= 0.6 is 0 Å². The van der Waals surface area contributed by atoms with Crippen LogP contribution in [0.4, 0.5) is 5.69 Å². The normalized spacial score (nSPS) is 9.60. The van der Waals surface area contributed by atoms with Gasteiger partial charge in [0, 0.05) is 12.8 Å². The number of benzene rings is 1. The summed E-state index contributed by atoms with van der Waals surface area (Å²) in [4.78, 5) is 0. The summed E-state index contributed by atoms with van der Waals surface area (Å²) in [5.41, 5.74) is 7.12. The summed E-state index contributed by atoms with van der Waals surface area (Å²) < 4.78 is 10.3. The largest absolute Gasteiger partial charge is 0.491 e. The Bertz CT molecular complexity index is 358. The molecule has 0 radical (unpaired) electrons. The molecule has 0 amide bonds. The van der Waals surface area contributed by atoms with Crippen molar-refractivity contribution in [3.63, 3.8) is 0 Å². The Labute approximate surface area is 89.2 Å². The molecule has 0 unspecified atom stereocenters. The van der Waals surface area contributed by atoms with Gasteiger partial charge in [0.15, 0.2) is 0 Å². The van der Waals surface area contributed by atoms with Crippen molar-refractivity contribution in [3.05, 3.63) is 23.8 Å². The highest BCUT2D eigenvalue weighted by molar-refractivity contribution is 5.51. The first kappa shape index (κ1) is 11.3. The van der Waals surface area contributed by atoms with Gasteiger partial charge in [0.05, 0.1) is 19.1 Å². The van der Waals surface area contributed by atoms with Crippen LogP contribution < -0.4 is 10.5 Å². The zero-order chi connectivity index (χ0) is 11.1. The van der Waals surface area contributed by atoms with Crippen LogP contribution in [0.3, 0.4) is 0 Å². The summed E-state index contributed by atoms with van der Waals surface area (Å²) in [5.74, 6) is 0.714. The van der Waals surface area contributed by atoms with Crippen LogP contribution in [0.1, 0.15) is 5.56 Å². The highest BCUT2D eigenvalue weighted by Crippen LogP contribution is 2.19. The van der Waals surface area contributed by atoms with Gasteiger partial charge in [-0.25, -0.2) is 0 Å². The van der Waals surface area contributed by atoms with E-state index in [4.69, 9.17) is 20.5 Å². The zero-order valence-electron chi connectivity index (χ0n) is 8.69. The molecule has 0 aromatic heterocycles. The van der Waals surface area contributed by atoms with Crippen LogP contribution in [-0.2, 0) is 11.2 Å². The maximum absolute atomic E-state index is 8.58. The molecule has 0 aliphatic rings. The molecular formula is C11H14N2O2. The summed E-state index contributed by atoms with van der Waals surface area (Å²) in [6.45, 7) is 1.03. The average Bonchev–Trinajstić information content (AvgIpc) is 2.23. The standard InChI is InChI=1S/C11H14N2O2/c1-14-6-7-15-10-2-3-11(13)9(8-10)4-5-12/h2-3,8H,4,6-7,13H2,1H3. The lowest BCUT2D eigenvalue weighted by molar-refractivity contribution is 0.146. The molecule has 0 aliphatic carbocycles.